The highest BCUT2D eigenvalue weighted by atomic mass is 32.2. The molecule has 0 saturated heterocycles. The minimum atomic E-state index is 0.739. The molecule has 12 heavy (non-hydrogen) atoms. The number of aldehydes is 1. The first-order valence-corrected chi connectivity index (χ1v) is 4.91. The van der Waals surface area contributed by atoms with Gasteiger partial charge in [0.2, 0.25) is 0 Å². The van der Waals surface area contributed by atoms with E-state index in [2.05, 4.69) is 0 Å². The summed E-state index contributed by atoms with van der Waals surface area (Å²) in [6, 6.07) is 9.64. The van der Waals surface area contributed by atoms with Crippen LogP contribution in [-0.4, -0.2) is 12.5 Å². The number of thioether (sulfide) groups is 1. The van der Waals surface area contributed by atoms with Crippen molar-refractivity contribution in [3.63, 3.8) is 0 Å². The fourth-order valence-corrected chi connectivity index (χ4v) is 1.37. The average molecular weight is 178 g/mol. The van der Waals surface area contributed by atoms with Crippen LogP contribution in [0, 0.1) is 0 Å². The van der Waals surface area contributed by atoms with Crippen molar-refractivity contribution in [3.8, 4) is 0 Å². The van der Waals surface area contributed by atoms with Crippen molar-refractivity contribution in [2.75, 3.05) is 6.26 Å². The van der Waals surface area contributed by atoms with Crippen LogP contribution >= 0.6 is 11.8 Å². The molecule has 0 aliphatic heterocycles. The molecule has 0 N–H and O–H groups in total. The molecule has 1 aromatic carbocycles. The van der Waals surface area contributed by atoms with Gasteiger partial charge in [0, 0.05) is 5.57 Å². The number of hydrogen-bond donors (Lipinski definition) is 0. The summed E-state index contributed by atoms with van der Waals surface area (Å²) in [7, 11) is 0. The molecule has 0 fully saturated rings. The van der Waals surface area contributed by atoms with Crippen LogP contribution < -0.4 is 0 Å². The first-order valence-electron chi connectivity index (χ1n) is 3.62. The maximum atomic E-state index is 10.6. The predicted molar refractivity (Wildman–Crippen MR) is 54.0 cm³/mol. The third-order valence-corrected chi connectivity index (χ3v) is 1.97. The summed E-state index contributed by atoms with van der Waals surface area (Å²) in [5.41, 5.74) is 1.71. The molecule has 0 amide bonds. The lowest BCUT2D eigenvalue weighted by molar-refractivity contribution is -0.103. The lowest BCUT2D eigenvalue weighted by atomic mass is 10.1. The Hall–Kier alpha value is -1.02. The third-order valence-electron chi connectivity index (χ3n) is 1.48. The molecular weight excluding hydrogens is 168 g/mol. The molecule has 0 atom stereocenters. The second-order valence-electron chi connectivity index (χ2n) is 2.29. The van der Waals surface area contributed by atoms with Crippen molar-refractivity contribution in [1.82, 2.24) is 0 Å². The Bertz CT molecular complexity index is 277. The molecule has 2 heteroatoms. The Morgan fingerprint density at radius 2 is 2.00 bits per heavy atom. The second kappa shape index (κ2) is 4.78. The van der Waals surface area contributed by atoms with E-state index in [0.717, 1.165) is 17.4 Å². The standard InChI is InChI=1S/C10H10OS/c1-12-8-10(7-11)9-5-3-2-4-6-9/h2-8H,1H3/b10-8+. The van der Waals surface area contributed by atoms with Gasteiger partial charge in [-0.2, -0.15) is 0 Å². The van der Waals surface area contributed by atoms with Gasteiger partial charge in [-0.3, -0.25) is 4.79 Å². The van der Waals surface area contributed by atoms with E-state index in [1.54, 1.807) is 0 Å². The zero-order valence-electron chi connectivity index (χ0n) is 6.86. The molecule has 0 heterocycles. The van der Waals surface area contributed by atoms with Gasteiger partial charge in [0.1, 0.15) is 0 Å². The highest BCUT2D eigenvalue weighted by Crippen LogP contribution is 2.14. The third kappa shape index (κ3) is 2.24. The summed E-state index contributed by atoms with van der Waals surface area (Å²) in [5, 5.41) is 1.85. The number of benzene rings is 1. The molecule has 0 aliphatic carbocycles. The topological polar surface area (TPSA) is 17.1 Å². The minimum Gasteiger partial charge on any atom is -0.298 e. The van der Waals surface area contributed by atoms with Gasteiger partial charge < -0.3 is 0 Å². The summed E-state index contributed by atoms with van der Waals surface area (Å²) < 4.78 is 0. The molecule has 1 aromatic rings. The maximum Gasteiger partial charge on any atom is 0.151 e. The summed E-state index contributed by atoms with van der Waals surface area (Å²) in [6.45, 7) is 0. The van der Waals surface area contributed by atoms with Crippen molar-refractivity contribution in [3.05, 3.63) is 41.3 Å². The van der Waals surface area contributed by atoms with Crippen molar-refractivity contribution in [2.45, 2.75) is 0 Å². The van der Waals surface area contributed by atoms with E-state index in [1.807, 2.05) is 42.0 Å². The van der Waals surface area contributed by atoms with Crippen molar-refractivity contribution < 1.29 is 4.79 Å². The van der Waals surface area contributed by atoms with Crippen LogP contribution in [0.5, 0.6) is 0 Å². The predicted octanol–water partition coefficient (Wildman–Crippen LogP) is 2.59. The normalized spacial score (nSPS) is 11.2. The molecule has 0 spiro atoms. The SMILES string of the molecule is CS/C=C(\C=O)c1ccccc1. The molecule has 0 unspecified atom stereocenters. The molecule has 62 valence electrons. The maximum absolute atomic E-state index is 10.6. The van der Waals surface area contributed by atoms with Gasteiger partial charge in [-0.25, -0.2) is 0 Å². The highest BCUT2D eigenvalue weighted by molar-refractivity contribution is 8.01. The van der Waals surface area contributed by atoms with Gasteiger partial charge in [0.25, 0.3) is 0 Å². The number of allylic oxidation sites excluding steroid dienone is 1. The fraction of sp³-hybridized carbons (Fsp3) is 0.100. The molecule has 1 nitrogen and oxygen atoms in total. The van der Waals surface area contributed by atoms with Gasteiger partial charge in [-0.15, -0.1) is 11.8 Å². The summed E-state index contributed by atoms with van der Waals surface area (Å²) in [6.07, 6.45) is 2.82. The summed E-state index contributed by atoms with van der Waals surface area (Å²) >= 11 is 1.54. The number of carbonyl (C=O) groups is 1. The van der Waals surface area contributed by atoms with Crippen LogP contribution in [-0.2, 0) is 4.79 Å². The van der Waals surface area contributed by atoms with E-state index in [1.165, 1.54) is 11.8 Å². The lowest BCUT2D eigenvalue weighted by Gasteiger charge is -1.97. The Kier molecular flexibility index (Phi) is 3.61. The van der Waals surface area contributed by atoms with Gasteiger partial charge >= 0.3 is 0 Å². The quantitative estimate of drug-likeness (QED) is 0.522. The molecule has 0 aromatic heterocycles. The van der Waals surface area contributed by atoms with Crippen LogP contribution in [0.3, 0.4) is 0 Å². The van der Waals surface area contributed by atoms with Crippen molar-refractivity contribution >= 4 is 23.6 Å². The Labute approximate surface area is 76.5 Å². The Morgan fingerprint density at radius 1 is 1.33 bits per heavy atom. The molecule has 0 saturated carbocycles. The Morgan fingerprint density at radius 3 is 2.50 bits per heavy atom. The smallest absolute Gasteiger partial charge is 0.151 e. The average Bonchev–Trinajstić information content (AvgIpc) is 2.15. The van der Waals surface area contributed by atoms with Crippen LogP contribution in [0.4, 0.5) is 0 Å². The van der Waals surface area contributed by atoms with Gasteiger partial charge in [0.15, 0.2) is 6.29 Å². The second-order valence-corrected chi connectivity index (χ2v) is 3.00. The molecular formula is C10H10OS. The number of rotatable bonds is 3. The largest absolute Gasteiger partial charge is 0.298 e. The van der Waals surface area contributed by atoms with Gasteiger partial charge in [0.05, 0.1) is 0 Å². The van der Waals surface area contributed by atoms with Crippen molar-refractivity contribution in [1.29, 1.82) is 0 Å². The van der Waals surface area contributed by atoms with Crippen molar-refractivity contribution in [2.24, 2.45) is 0 Å². The van der Waals surface area contributed by atoms with E-state index in [9.17, 15) is 4.79 Å². The highest BCUT2D eigenvalue weighted by Gasteiger charge is 1.96. The molecule has 0 aliphatic rings. The van der Waals surface area contributed by atoms with E-state index < -0.39 is 0 Å². The van der Waals surface area contributed by atoms with Crippen LogP contribution in [0.1, 0.15) is 5.56 Å². The molecule has 1 rings (SSSR count). The van der Waals surface area contributed by atoms with E-state index >= 15 is 0 Å². The van der Waals surface area contributed by atoms with Gasteiger partial charge in [-0.05, 0) is 17.2 Å². The molecule has 0 bridgehead atoms. The summed E-state index contributed by atoms with van der Waals surface area (Å²) in [5.74, 6) is 0. The zero-order chi connectivity index (χ0) is 8.81. The first kappa shape index (κ1) is 9.07. The number of carbonyl (C=O) groups excluding carboxylic acids is 1. The first-order chi connectivity index (χ1) is 5.88. The van der Waals surface area contributed by atoms with Crippen LogP contribution in [0.25, 0.3) is 5.57 Å². The monoisotopic (exact) mass is 178 g/mol. The molecule has 0 radical (unpaired) electrons. The van der Waals surface area contributed by atoms with Crippen LogP contribution in [0.2, 0.25) is 0 Å². The summed E-state index contributed by atoms with van der Waals surface area (Å²) in [4.78, 5) is 10.6. The number of hydrogen-bond acceptors (Lipinski definition) is 2. The fourth-order valence-electron chi connectivity index (χ4n) is 0.921. The van der Waals surface area contributed by atoms with E-state index in [4.69, 9.17) is 0 Å². The van der Waals surface area contributed by atoms with E-state index in [0.29, 0.717) is 0 Å². The lowest BCUT2D eigenvalue weighted by Crippen LogP contribution is -1.83. The zero-order valence-corrected chi connectivity index (χ0v) is 7.67. The van der Waals surface area contributed by atoms with Crippen LogP contribution in [0.15, 0.2) is 35.7 Å². The van der Waals surface area contributed by atoms with Gasteiger partial charge in [-0.1, -0.05) is 30.3 Å². The minimum absolute atomic E-state index is 0.739. The van der Waals surface area contributed by atoms with E-state index in [-0.39, 0.29) is 0 Å². The Balaban J connectivity index is 2.96.